The summed E-state index contributed by atoms with van der Waals surface area (Å²) in [4.78, 5) is 7.80. The summed E-state index contributed by atoms with van der Waals surface area (Å²) in [5.41, 5.74) is 1.72. The van der Waals surface area contributed by atoms with Crippen molar-refractivity contribution in [3.05, 3.63) is 9.41 Å². The minimum atomic E-state index is 0.682. The van der Waals surface area contributed by atoms with Crippen LogP contribution in [0.25, 0.3) is 11.2 Å². The molecule has 0 aliphatic rings. The maximum Gasteiger partial charge on any atom is 0.182 e. The Hall–Kier alpha value is -0.660. The zero-order valence-electron chi connectivity index (χ0n) is 9.98. The predicted octanol–water partition coefficient (Wildman–Crippen LogP) is 3.20. The SMILES string of the molecule is CCCSc1nc2c([nH]1)c(=S)n(C)c(=S)n2C. The maximum atomic E-state index is 5.37. The lowest BCUT2D eigenvalue weighted by Crippen LogP contribution is -2.05. The molecule has 0 unspecified atom stereocenters. The van der Waals surface area contributed by atoms with Crippen LogP contribution in [0.4, 0.5) is 0 Å². The van der Waals surface area contributed by atoms with Crippen molar-refractivity contribution < 1.29 is 0 Å². The predicted molar refractivity (Wildman–Crippen MR) is 76.7 cm³/mol. The highest BCUT2D eigenvalue weighted by atomic mass is 32.2. The van der Waals surface area contributed by atoms with Gasteiger partial charge in [-0.3, -0.25) is 0 Å². The Labute approximate surface area is 114 Å². The molecule has 2 aromatic heterocycles. The van der Waals surface area contributed by atoms with Crippen molar-refractivity contribution in [2.24, 2.45) is 14.1 Å². The number of nitrogens with one attached hydrogen (secondary N) is 1. The third kappa shape index (κ3) is 2.19. The van der Waals surface area contributed by atoms with E-state index in [0.717, 1.165) is 28.5 Å². The van der Waals surface area contributed by atoms with Crippen molar-refractivity contribution in [1.82, 2.24) is 19.1 Å². The number of nitrogens with zero attached hydrogens (tertiary/aromatic N) is 3. The van der Waals surface area contributed by atoms with E-state index in [9.17, 15) is 0 Å². The molecule has 1 N–H and O–H groups in total. The summed E-state index contributed by atoms with van der Waals surface area (Å²) in [6, 6.07) is 0. The first-order chi connectivity index (χ1) is 8.06. The Bertz CT molecular complexity index is 664. The third-order valence-electron chi connectivity index (χ3n) is 2.52. The van der Waals surface area contributed by atoms with Gasteiger partial charge in [-0.15, -0.1) is 0 Å². The smallest absolute Gasteiger partial charge is 0.182 e. The van der Waals surface area contributed by atoms with E-state index >= 15 is 0 Å². The molecule has 4 nitrogen and oxygen atoms in total. The van der Waals surface area contributed by atoms with E-state index in [4.69, 9.17) is 24.4 Å². The second-order valence-electron chi connectivity index (χ2n) is 3.79. The fraction of sp³-hybridized carbons (Fsp3) is 0.500. The first kappa shape index (κ1) is 12.8. The average molecular weight is 286 g/mol. The molecule has 92 valence electrons. The molecule has 2 rings (SSSR count). The second kappa shape index (κ2) is 4.91. The van der Waals surface area contributed by atoms with Crippen LogP contribution in [0.1, 0.15) is 13.3 Å². The van der Waals surface area contributed by atoms with Crippen LogP contribution >= 0.6 is 36.2 Å². The van der Waals surface area contributed by atoms with E-state index in [0.29, 0.717) is 9.41 Å². The molecule has 0 saturated heterocycles. The summed E-state index contributed by atoms with van der Waals surface area (Å²) in [6.07, 6.45) is 1.12. The first-order valence-corrected chi connectivity index (χ1v) is 7.15. The van der Waals surface area contributed by atoms with E-state index in [1.165, 1.54) is 0 Å². The molecule has 0 aromatic carbocycles. The van der Waals surface area contributed by atoms with Gasteiger partial charge in [0.05, 0.1) is 0 Å². The Kier molecular flexibility index (Phi) is 3.70. The summed E-state index contributed by atoms with van der Waals surface area (Å²) in [6.45, 7) is 2.15. The molecule has 0 saturated carbocycles. The third-order valence-corrected chi connectivity index (χ3v) is 4.62. The Morgan fingerprint density at radius 3 is 2.65 bits per heavy atom. The fourth-order valence-electron chi connectivity index (χ4n) is 1.57. The molecule has 0 spiro atoms. The molecule has 0 fully saturated rings. The molecule has 17 heavy (non-hydrogen) atoms. The molecule has 0 amide bonds. The van der Waals surface area contributed by atoms with Crippen LogP contribution in [0.2, 0.25) is 0 Å². The lowest BCUT2D eigenvalue weighted by Gasteiger charge is -2.05. The number of fused-ring (bicyclic) bond motifs is 1. The largest absolute Gasteiger partial charge is 0.329 e. The van der Waals surface area contributed by atoms with E-state index in [2.05, 4.69) is 16.9 Å². The van der Waals surface area contributed by atoms with Crippen LogP contribution in [0.5, 0.6) is 0 Å². The molecule has 2 aromatic rings. The molecule has 0 bridgehead atoms. The van der Waals surface area contributed by atoms with Gasteiger partial charge in [0.2, 0.25) is 0 Å². The number of hydrogen-bond donors (Lipinski definition) is 1. The summed E-state index contributed by atoms with van der Waals surface area (Å²) >= 11 is 12.4. The summed E-state index contributed by atoms with van der Waals surface area (Å²) in [5, 5.41) is 0.907. The van der Waals surface area contributed by atoms with Crippen LogP contribution in [0, 0.1) is 9.41 Å². The number of aryl methyl sites for hydroxylation is 1. The van der Waals surface area contributed by atoms with E-state index in [1.807, 2.05) is 23.2 Å². The van der Waals surface area contributed by atoms with Crippen molar-refractivity contribution in [2.45, 2.75) is 18.5 Å². The molecular weight excluding hydrogens is 272 g/mol. The highest BCUT2D eigenvalue weighted by Crippen LogP contribution is 2.20. The Morgan fingerprint density at radius 1 is 1.29 bits per heavy atom. The van der Waals surface area contributed by atoms with E-state index < -0.39 is 0 Å². The Balaban J connectivity index is 2.69. The molecule has 0 atom stereocenters. The number of hydrogen-bond acceptors (Lipinski definition) is 4. The lowest BCUT2D eigenvalue weighted by atomic mass is 10.5. The minimum absolute atomic E-state index is 0.682. The van der Waals surface area contributed by atoms with Crippen LogP contribution in [0.15, 0.2) is 5.16 Å². The van der Waals surface area contributed by atoms with Crippen molar-refractivity contribution in [3.63, 3.8) is 0 Å². The Morgan fingerprint density at radius 2 is 2.00 bits per heavy atom. The van der Waals surface area contributed by atoms with Gasteiger partial charge in [-0.1, -0.05) is 30.9 Å². The molecular formula is C10H14N4S3. The number of aromatic amines is 1. The maximum absolute atomic E-state index is 5.37. The standard InChI is InChI=1S/C10H14N4S3/c1-4-5-17-9-11-6-7(12-9)13(2)10(16)14(3)8(6)15/h4-5H2,1-3H3,(H,11,12). The highest BCUT2D eigenvalue weighted by molar-refractivity contribution is 7.99. The monoisotopic (exact) mass is 286 g/mol. The van der Waals surface area contributed by atoms with Crippen molar-refractivity contribution in [2.75, 3.05) is 5.75 Å². The zero-order valence-corrected chi connectivity index (χ0v) is 12.4. The van der Waals surface area contributed by atoms with Crippen molar-refractivity contribution >= 4 is 47.4 Å². The molecule has 2 heterocycles. The van der Waals surface area contributed by atoms with Crippen LogP contribution in [-0.4, -0.2) is 24.9 Å². The van der Waals surface area contributed by atoms with Gasteiger partial charge in [-0.25, -0.2) is 4.98 Å². The first-order valence-electron chi connectivity index (χ1n) is 5.34. The molecule has 0 aliphatic carbocycles. The van der Waals surface area contributed by atoms with Crippen LogP contribution < -0.4 is 0 Å². The van der Waals surface area contributed by atoms with Gasteiger partial charge in [0, 0.05) is 19.8 Å². The molecule has 0 radical (unpaired) electrons. The molecule has 0 aliphatic heterocycles. The van der Waals surface area contributed by atoms with Crippen molar-refractivity contribution in [3.8, 4) is 0 Å². The number of rotatable bonds is 3. The topological polar surface area (TPSA) is 38.5 Å². The highest BCUT2D eigenvalue weighted by Gasteiger charge is 2.09. The number of H-pyrrole nitrogens is 1. The summed E-state index contributed by atoms with van der Waals surface area (Å²) in [7, 11) is 3.79. The van der Waals surface area contributed by atoms with Gasteiger partial charge in [0.15, 0.2) is 15.6 Å². The number of thioether (sulfide) groups is 1. The number of aromatic nitrogens is 4. The van der Waals surface area contributed by atoms with E-state index in [-0.39, 0.29) is 0 Å². The van der Waals surface area contributed by atoms with Gasteiger partial charge < -0.3 is 14.1 Å². The van der Waals surface area contributed by atoms with E-state index in [1.54, 1.807) is 11.8 Å². The second-order valence-corrected chi connectivity index (χ2v) is 5.63. The quantitative estimate of drug-likeness (QED) is 0.694. The lowest BCUT2D eigenvalue weighted by molar-refractivity contribution is 0.755. The molecule has 7 heteroatoms. The van der Waals surface area contributed by atoms with Gasteiger partial charge >= 0.3 is 0 Å². The van der Waals surface area contributed by atoms with Gasteiger partial charge in [-0.2, -0.15) is 0 Å². The number of imidazole rings is 1. The average Bonchev–Trinajstić information content (AvgIpc) is 2.75. The van der Waals surface area contributed by atoms with Gasteiger partial charge in [-0.05, 0) is 18.6 Å². The summed E-state index contributed by atoms with van der Waals surface area (Å²) < 4.78 is 5.09. The minimum Gasteiger partial charge on any atom is -0.329 e. The van der Waals surface area contributed by atoms with Gasteiger partial charge in [0.25, 0.3) is 0 Å². The van der Waals surface area contributed by atoms with Crippen LogP contribution in [-0.2, 0) is 14.1 Å². The normalized spacial score (nSPS) is 11.2. The zero-order chi connectivity index (χ0) is 12.6. The van der Waals surface area contributed by atoms with Crippen molar-refractivity contribution in [1.29, 1.82) is 0 Å². The summed E-state index contributed by atoms with van der Waals surface area (Å²) in [5.74, 6) is 1.04. The van der Waals surface area contributed by atoms with Gasteiger partial charge in [0.1, 0.15) is 10.2 Å². The van der Waals surface area contributed by atoms with Crippen LogP contribution in [0.3, 0.4) is 0 Å². The fourth-order valence-corrected chi connectivity index (χ4v) is 2.76.